The van der Waals surface area contributed by atoms with Gasteiger partial charge in [-0.25, -0.2) is 0 Å². The molecule has 0 aromatic carbocycles. The molecule has 0 amide bonds. The van der Waals surface area contributed by atoms with Crippen LogP contribution in [0.25, 0.3) is 0 Å². The number of aryl methyl sites for hydroxylation is 1. The maximum absolute atomic E-state index is 4.35. The average Bonchev–Trinajstić information content (AvgIpc) is 2.88. The Kier molecular flexibility index (Phi) is 4.78. The van der Waals surface area contributed by atoms with Crippen molar-refractivity contribution in [3.05, 3.63) is 18.0 Å². The van der Waals surface area contributed by atoms with E-state index < -0.39 is 0 Å². The first kappa shape index (κ1) is 13.6. The quantitative estimate of drug-likeness (QED) is 0.868. The van der Waals surface area contributed by atoms with Crippen molar-refractivity contribution in [3.8, 4) is 0 Å². The van der Waals surface area contributed by atoms with Crippen molar-refractivity contribution in [2.45, 2.75) is 52.2 Å². The zero-order valence-electron chi connectivity index (χ0n) is 11.9. The molecule has 1 fully saturated rings. The maximum Gasteiger partial charge on any atom is 0.0537 e. The lowest BCUT2D eigenvalue weighted by Gasteiger charge is -2.33. The fourth-order valence-electron chi connectivity index (χ4n) is 2.70. The molecule has 2 rings (SSSR count). The molecule has 102 valence electrons. The Labute approximate surface area is 110 Å². The number of aromatic nitrogens is 2. The number of nitrogens with one attached hydrogen (secondary N) is 1. The molecular weight excluding hydrogens is 224 g/mol. The van der Waals surface area contributed by atoms with Gasteiger partial charge in [0.2, 0.25) is 0 Å². The number of piperidine rings is 1. The summed E-state index contributed by atoms with van der Waals surface area (Å²) in [4.78, 5) is 2.53. The van der Waals surface area contributed by atoms with Gasteiger partial charge in [-0.15, -0.1) is 0 Å². The molecule has 1 aliphatic heterocycles. The van der Waals surface area contributed by atoms with Gasteiger partial charge in [-0.3, -0.25) is 4.68 Å². The molecule has 4 heteroatoms. The van der Waals surface area contributed by atoms with Gasteiger partial charge in [0.1, 0.15) is 0 Å². The third-order valence-electron chi connectivity index (χ3n) is 3.92. The lowest BCUT2D eigenvalue weighted by Crippen LogP contribution is -2.46. The van der Waals surface area contributed by atoms with E-state index in [2.05, 4.69) is 42.3 Å². The molecule has 0 saturated carbocycles. The summed E-state index contributed by atoms with van der Waals surface area (Å²) in [6, 6.07) is 1.02. The van der Waals surface area contributed by atoms with E-state index >= 15 is 0 Å². The number of likely N-dealkylation sites (N-methyl/N-ethyl adjacent to an activating group) is 1. The molecule has 1 aliphatic rings. The zero-order chi connectivity index (χ0) is 13.0. The highest BCUT2D eigenvalue weighted by Gasteiger charge is 2.20. The average molecular weight is 250 g/mol. The van der Waals surface area contributed by atoms with E-state index in [1.807, 2.05) is 10.9 Å². The molecule has 1 aromatic rings. The third-order valence-corrected chi connectivity index (χ3v) is 3.92. The van der Waals surface area contributed by atoms with Crippen molar-refractivity contribution in [2.75, 3.05) is 19.6 Å². The molecule has 1 N–H and O–H groups in total. The molecule has 1 saturated heterocycles. The van der Waals surface area contributed by atoms with Crippen molar-refractivity contribution < 1.29 is 0 Å². The second-order valence-electron chi connectivity index (χ2n) is 5.25. The largest absolute Gasteiger partial charge is 0.306 e. The third kappa shape index (κ3) is 3.33. The van der Waals surface area contributed by atoms with E-state index in [0.717, 1.165) is 6.54 Å². The van der Waals surface area contributed by atoms with Gasteiger partial charge in [-0.2, -0.15) is 5.10 Å². The van der Waals surface area contributed by atoms with Crippen LogP contribution >= 0.6 is 0 Å². The van der Waals surface area contributed by atoms with Gasteiger partial charge in [0.05, 0.1) is 6.20 Å². The number of nitrogens with zero attached hydrogens (tertiary/aromatic N) is 3. The van der Waals surface area contributed by atoms with Crippen molar-refractivity contribution in [2.24, 2.45) is 0 Å². The van der Waals surface area contributed by atoms with Crippen LogP contribution in [0.4, 0.5) is 0 Å². The van der Waals surface area contributed by atoms with Crippen LogP contribution in [0, 0.1) is 0 Å². The number of hydrogen-bond acceptors (Lipinski definition) is 3. The maximum atomic E-state index is 4.35. The monoisotopic (exact) mass is 250 g/mol. The fourth-order valence-corrected chi connectivity index (χ4v) is 2.70. The summed E-state index contributed by atoms with van der Waals surface area (Å²) in [7, 11) is 0. The summed E-state index contributed by atoms with van der Waals surface area (Å²) >= 11 is 0. The van der Waals surface area contributed by atoms with E-state index in [1.54, 1.807) is 0 Å². The van der Waals surface area contributed by atoms with Crippen molar-refractivity contribution in [3.63, 3.8) is 0 Å². The molecule has 2 atom stereocenters. The zero-order valence-corrected chi connectivity index (χ0v) is 11.9. The van der Waals surface area contributed by atoms with Crippen LogP contribution in [0.1, 0.15) is 45.2 Å². The highest BCUT2D eigenvalue weighted by Crippen LogP contribution is 2.16. The molecule has 18 heavy (non-hydrogen) atoms. The van der Waals surface area contributed by atoms with E-state index in [0.29, 0.717) is 12.1 Å². The first-order valence-corrected chi connectivity index (χ1v) is 7.23. The standard InChI is InChI=1S/C14H26N4/c1-4-17-8-6-7-14(11-17)16-12(3)13-9-15-18(5-2)10-13/h9-10,12,14,16H,4-8,11H2,1-3H3. The Morgan fingerprint density at radius 1 is 1.44 bits per heavy atom. The summed E-state index contributed by atoms with van der Waals surface area (Å²) in [6.45, 7) is 11.2. The summed E-state index contributed by atoms with van der Waals surface area (Å²) < 4.78 is 1.99. The van der Waals surface area contributed by atoms with Gasteiger partial charge >= 0.3 is 0 Å². The van der Waals surface area contributed by atoms with Gasteiger partial charge in [-0.1, -0.05) is 6.92 Å². The molecule has 0 radical (unpaired) electrons. The lowest BCUT2D eigenvalue weighted by molar-refractivity contribution is 0.192. The smallest absolute Gasteiger partial charge is 0.0537 e. The van der Waals surface area contributed by atoms with E-state index in [9.17, 15) is 0 Å². The summed E-state index contributed by atoms with van der Waals surface area (Å²) in [6.07, 6.45) is 6.74. The number of rotatable bonds is 5. The van der Waals surface area contributed by atoms with Gasteiger partial charge in [0.15, 0.2) is 0 Å². The molecule has 0 aliphatic carbocycles. The van der Waals surface area contributed by atoms with Crippen LogP contribution in [0.3, 0.4) is 0 Å². The summed E-state index contributed by atoms with van der Waals surface area (Å²) in [5.41, 5.74) is 1.30. The van der Waals surface area contributed by atoms with Gasteiger partial charge < -0.3 is 10.2 Å². The minimum absolute atomic E-state index is 0.395. The van der Waals surface area contributed by atoms with E-state index in [1.165, 1.54) is 38.0 Å². The van der Waals surface area contributed by atoms with Crippen LogP contribution < -0.4 is 5.32 Å². The topological polar surface area (TPSA) is 33.1 Å². The Balaban J connectivity index is 1.88. The second kappa shape index (κ2) is 6.34. The van der Waals surface area contributed by atoms with Crippen LogP contribution in [0.5, 0.6) is 0 Å². The predicted molar refractivity (Wildman–Crippen MR) is 74.6 cm³/mol. The predicted octanol–water partition coefficient (Wildman–Crippen LogP) is 2.04. The number of hydrogen-bond donors (Lipinski definition) is 1. The van der Waals surface area contributed by atoms with Crippen LogP contribution in [0.2, 0.25) is 0 Å². The van der Waals surface area contributed by atoms with Crippen molar-refractivity contribution >= 4 is 0 Å². The Morgan fingerprint density at radius 3 is 2.94 bits per heavy atom. The Bertz CT molecular complexity index is 360. The van der Waals surface area contributed by atoms with Crippen LogP contribution in [-0.4, -0.2) is 40.4 Å². The molecule has 4 nitrogen and oxygen atoms in total. The first-order chi connectivity index (χ1) is 8.72. The van der Waals surface area contributed by atoms with Crippen molar-refractivity contribution in [1.29, 1.82) is 0 Å². The first-order valence-electron chi connectivity index (χ1n) is 7.23. The molecule has 0 spiro atoms. The molecule has 0 bridgehead atoms. The van der Waals surface area contributed by atoms with Gasteiger partial charge in [-0.05, 0) is 39.8 Å². The van der Waals surface area contributed by atoms with Crippen LogP contribution in [0.15, 0.2) is 12.4 Å². The lowest BCUT2D eigenvalue weighted by atomic mass is 10.0. The summed E-state index contributed by atoms with van der Waals surface area (Å²) in [5, 5.41) is 8.09. The number of likely N-dealkylation sites (tertiary alicyclic amines) is 1. The summed E-state index contributed by atoms with van der Waals surface area (Å²) in [5.74, 6) is 0. The second-order valence-corrected chi connectivity index (χ2v) is 5.25. The molecule has 1 aromatic heterocycles. The molecular formula is C14H26N4. The highest BCUT2D eigenvalue weighted by atomic mass is 15.3. The van der Waals surface area contributed by atoms with E-state index in [-0.39, 0.29) is 0 Å². The normalized spacial score (nSPS) is 23.2. The van der Waals surface area contributed by atoms with Crippen molar-refractivity contribution in [1.82, 2.24) is 20.0 Å². The molecule has 2 heterocycles. The minimum atomic E-state index is 0.395. The van der Waals surface area contributed by atoms with E-state index in [4.69, 9.17) is 0 Å². The SMILES string of the molecule is CCN1CCCC(NC(C)c2cnn(CC)c2)C1. The van der Waals surface area contributed by atoms with Gasteiger partial charge in [0, 0.05) is 36.9 Å². The van der Waals surface area contributed by atoms with Crippen LogP contribution in [-0.2, 0) is 6.54 Å². The minimum Gasteiger partial charge on any atom is -0.306 e. The molecule has 2 unspecified atom stereocenters. The highest BCUT2D eigenvalue weighted by molar-refractivity contribution is 5.09. The Morgan fingerprint density at radius 2 is 2.28 bits per heavy atom. The Hall–Kier alpha value is -0.870. The fraction of sp³-hybridized carbons (Fsp3) is 0.786. The van der Waals surface area contributed by atoms with Gasteiger partial charge in [0.25, 0.3) is 0 Å².